The molecule has 1 saturated heterocycles. The zero-order chi connectivity index (χ0) is 16.5. The number of hydrogen-bond donors (Lipinski definition) is 0. The Bertz CT molecular complexity index is 853. The number of fused-ring (bicyclic) bond motifs is 1. The van der Waals surface area contributed by atoms with E-state index in [-0.39, 0.29) is 5.91 Å². The predicted molar refractivity (Wildman–Crippen MR) is 98.7 cm³/mol. The number of hydrogen-bond acceptors (Lipinski definition) is 3. The van der Waals surface area contributed by atoms with Gasteiger partial charge in [0.25, 0.3) is 5.91 Å². The Labute approximate surface area is 146 Å². The second-order valence-corrected chi connectivity index (χ2v) is 7.54. The number of amides is 1. The highest BCUT2D eigenvalue weighted by Gasteiger charge is 2.27. The number of aryl methyl sites for hydroxylation is 1. The second-order valence-electron chi connectivity index (χ2n) is 6.48. The van der Waals surface area contributed by atoms with Gasteiger partial charge in [0, 0.05) is 24.6 Å². The zero-order valence-corrected chi connectivity index (χ0v) is 14.6. The van der Waals surface area contributed by atoms with Crippen molar-refractivity contribution in [3.63, 3.8) is 0 Å². The van der Waals surface area contributed by atoms with Gasteiger partial charge in [-0.25, -0.2) is 4.98 Å². The van der Waals surface area contributed by atoms with Crippen LogP contribution in [0, 0.1) is 6.92 Å². The molecule has 2 aromatic carbocycles. The monoisotopic (exact) mass is 336 g/mol. The third-order valence-corrected chi connectivity index (χ3v) is 5.83. The summed E-state index contributed by atoms with van der Waals surface area (Å²) in [6.45, 7) is 3.64. The van der Waals surface area contributed by atoms with E-state index >= 15 is 0 Å². The molecule has 4 rings (SSSR count). The number of para-hydroxylation sites is 1. The van der Waals surface area contributed by atoms with E-state index in [1.807, 2.05) is 42.2 Å². The van der Waals surface area contributed by atoms with Crippen LogP contribution in [0.3, 0.4) is 0 Å². The molecule has 0 radical (unpaired) electrons. The SMILES string of the molecule is Cc1cccc(C(=O)N2CCCC(c3nc4ccccc4s3)C2)c1. The molecule has 0 N–H and O–H groups in total. The molecule has 1 amide bonds. The summed E-state index contributed by atoms with van der Waals surface area (Å²) in [5.74, 6) is 0.495. The number of likely N-dealkylation sites (tertiary alicyclic amines) is 1. The number of carbonyl (C=O) groups is 1. The van der Waals surface area contributed by atoms with Gasteiger partial charge in [0.15, 0.2) is 0 Å². The van der Waals surface area contributed by atoms with E-state index in [2.05, 4.69) is 18.2 Å². The minimum absolute atomic E-state index is 0.143. The van der Waals surface area contributed by atoms with Gasteiger partial charge in [0.1, 0.15) is 0 Å². The standard InChI is InChI=1S/C20H20N2OS/c1-14-6-4-7-15(12-14)20(23)22-11-5-8-16(13-22)19-21-17-9-2-3-10-18(17)24-19/h2-4,6-7,9-10,12,16H,5,8,11,13H2,1H3. The van der Waals surface area contributed by atoms with Crippen LogP contribution >= 0.6 is 11.3 Å². The minimum Gasteiger partial charge on any atom is -0.338 e. The molecule has 1 aromatic heterocycles. The maximum atomic E-state index is 12.8. The van der Waals surface area contributed by atoms with Crippen molar-refractivity contribution in [3.05, 3.63) is 64.7 Å². The quantitative estimate of drug-likeness (QED) is 0.684. The molecule has 122 valence electrons. The first-order valence-electron chi connectivity index (χ1n) is 8.42. The van der Waals surface area contributed by atoms with Gasteiger partial charge in [-0.2, -0.15) is 0 Å². The molecular formula is C20H20N2OS. The molecule has 1 aliphatic heterocycles. The van der Waals surface area contributed by atoms with Gasteiger partial charge in [-0.05, 0) is 44.0 Å². The molecule has 1 unspecified atom stereocenters. The van der Waals surface area contributed by atoms with E-state index in [0.717, 1.165) is 47.6 Å². The average Bonchev–Trinajstić information content (AvgIpc) is 3.05. The van der Waals surface area contributed by atoms with E-state index in [9.17, 15) is 4.79 Å². The Balaban J connectivity index is 1.56. The van der Waals surface area contributed by atoms with Crippen LogP contribution in [0.15, 0.2) is 48.5 Å². The lowest BCUT2D eigenvalue weighted by atomic mass is 9.98. The van der Waals surface area contributed by atoms with Crippen LogP contribution in [0.1, 0.15) is 39.7 Å². The van der Waals surface area contributed by atoms with E-state index in [1.165, 1.54) is 4.70 Å². The largest absolute Gasteiger partial charge is 0.338 e. The summed E-state index contributed by atoms with van der Waals surface area (Å²) in [5.41, 5.74) is 2.99. The fraction of sp³-hybridized carbons (Fsp3) is 0.300. The van der Waals surface area contributed by atoms with Crippen LogP contribution in [0.2, 0.25) is 0 Å². The van der Waals surface area contributed by atoms with Gasteiger partial charge in [-0.3, -0.25) is 4.79 Å². The average molecular weight is 336 g/mol. The van der Waals surface area contributed by atoms with Crippen LogP contribution in [0.5, 0.6) is 0 Å². The number of rotatable bonds is 2. The Hall–Kier alpha value is -2.20. The Morgan fingerprint density at radius 1 is 1.21 bits per heavy atom. The second kappa shape index (κ2) is 6.36. The fourth-order valence-corrected chi connectivity index (χ4v) is 4.48. The molecule has 1 atom stereocenters. The van der Waals surface area contributed by atoms with Crippen molar-refractivity contribution in [2.75, 3.05) is 13.1 Å². The number of carbonyl (C=O) groups excluding carboxylic acids is 1. The fourth-order valence-electron chi connectivity index (χ4n) is 3.39. The number of nitrogens with zero attached hydrogens (tertiary/aromatic N) is 2. The van der Waals surface area contributed by atoms with E-state index < -0.39 is 0 Å². The molecule has 3 nitrogen and oxygen atoms in total. The van der Waals surface area contributed by atoms with Crippen LogP contribution < -0.4 is 0 Å². The maximum absolute atomic E-state index is 12.8. The van der Waals surface area contributed by atoms with Gasteiger partial charge in [0.05, 0.1) is 15.2 Å². The molecule has 0 spiro atoms. The topological polar surface area (TPSA) is 33.2 Å². The summed E-state index contributed by atoms with van der Waals surface area (Å²) in [5, 5.41) is 1.16. The lowest BCUT2D eigenvalue weighted by Crippen LogP contribution is -2.39. The Morgan fingerprint density at radius 3 is 2.92 bits per heavy atom. The first-order chi connectivity index (χ1) is 11.7. The van der Waals surface area contributed by atoms with Gasteiger partial charge >= 0.3 is 0 Å². The molecule has 3 aromatic rings. The van der Waals surface area contributed by atoms with E-state index in [4.69, 9.17) is 4.98 Å². The van der Waals surface area contributed by atoms with Gasteiger partial charge in [0.2, 0.25) is 0 Å². The van der Waals surface area contributed by atoms with E-state index in [1.54, 1.807) is 11.3 Å². The lowest BCUT2D eigenvalue weighted by molar-refractivity contribution is 0.0707. The van der Waals surface area contributed by atoms with Gasteiger partial charge in [-0.1, -0.05) is 29.8 Å². The van der Waals surface area contributed by atoms with Crippen molar-refractivity contribution in [2.24, 2.45) is 0 Å². The molecular weight excluding hydrogens is 316 g/mol. The van der Waals surface area contributed by atoms with Crippen LogP contribution in [-0.4, -0.2) is 28.9 Å². The first kappa shape index (κ1) is 15.3. The molecule has 1 fully saturated rings. The van der Waals surface area contributed by atoms with Crippen molar-refractivity contribution >= 4 is 27.5 Å². The highest BCUT2D eigenvalue weighted by Crippen LogP contribution is 2.33. The Morgan fingerprint density at radius 2 is 2.08 bits per heavy atom. The highest BCUT2D eigenvalue weighted by molar-refractivity contribution is 7.18. The minimum atomic E-state index is 0.143. The van der Waals surface area contributed by atoms with Crippen molar-refractivity contribution in [1.29, 1.82) is 0 Å². The summed E-state index contributed by atoms with van der Waals surface area (Å²) in [6.07, 6.45) is 2.15. The van der Waals surface area contributed by atoms with Gasteiger partial charge in [-0.15, -0.1) is 11.3 Å². The summed E-state index contributed by atoms with van der Waals surface area (Å²) in [4.78, 5) is 19.6. The molecule has 0 saturated carbocycles. The number of benzene rings is 2. The van der Waals surface area contributed by atoms with Crippen molar-refractivity contribution < 1.29 is 4.79 Å². The van der Waals surface area contributed by atoms with Crippen molar-refractivity contribution in [3.8, 4) is 0 Å². The maximum Gasteiger partial charge on any atom is 0.253 e. The number of aromatic nitrogens is 1. The third kappa shape index (κ3) is 2.94. The third-order valence-electron chi connectivity index (χ3n) is 4.63. The van der Waals surface area contributed by atoms with Crippen LogP contribution in [-0.2, 0) is 0 Å². The van der Waals surface area contributed by atoms with Crippen molar-refractivity contribution in [1.82, 2.24) is 9.88 Å². The predicted octanol–water partition coefficient (Wildman–Crippen LogP) is 4.62. The molecule has 0 aliphatic carbocycles. The summed E-state index contributed by atoms with van der Waals surface area (Å²) in [7, 11) is 0. The number of thiazole rings is 1. The van der Waals surface area contributed by atoms with Gasteiger partial charge < -0.3 is 4.90 Å². The number of piperidine rings is 1. The molecule has 24 heavy (non-hydrogen) atoms. The van der Waals surface area contributed by atoms with Crippen molar-refractivity contribution in [2.45, 2.75) is 25.7 Å². The molecule has 4 heteroatoms. The summed E-state index contributed by atoms with van der Waals surface area (Å²) in [6, 6.07) is 16.1. The molecule has 0 bridgehead atoms. The summed E-state index contributed by atoms with van der Waals surface area (Å²) < 4.78 is 1.23. The molecule has 1 aliphatic rings. The van der Waals surface area contributed by atoms with Crippen LogP contribution in [0.4, 0.5) is 0 Å². The summed E-state index contributed by atoms with van der Waals surface area (Å²) >= 11 is 1.77. The Kier molecular flexibility index (Phi) is 4.07. The lowest BCUT2D eigenvalue weighted by Gasteiger charge is -2.32. The normalized spacial score (nSPS) is 18.0. The smallest absolute Gasteiger partial charge is 0.253 e. The highest BCUT2D eigenvalue weighted by atomic mass is 32.1. The van der Waals surface area contributed by atoms with Crippen LogP contribution in [0.25, 0.3) is 10.2 Å². The zero-order valence-electron chi connectivity index (χ0n) is 13.7. The van der Waals surface area contributed by atoms with E-state index in [0.29, 0.717) is 5.92 Å². The first-order valence-corrected chi connectivity index (χ1v) is 9.24. The molecule has 2 heterocycles.